The first-order chi connectivity index (χ1) is 11.6. The van der Waals surface area contributed by atoms with Crippen molar-refractivity contribution in [1.82, 2.24) is 15.2 Å². The van der Waals surface area contributed by atoms with Crippen molar-refractivity contribution in [2.24, 2.45) is 5.92 Å². The van der Waals surface area contributed by atoms with Gasteiger partial charge in [0.25, 0.3) is 11.8 Å². The summed E-state index contributed by atoms with van der Waals surface area (Å²) in [6, 6.07) is 3.27. The molecule has 24 heavy (non-hydrogen) atoms. The molecular formula is C18H25N3O3. The second-order valence-corrected chi connectivity index (χ2v) is 6.75. The monoisotopic (exact) mass is 331 g/mol. The van der Waals surface area contributed by atoms with Crippen molar-refractivity contribution in [3.8, 4) is 0 Å². The number of carbonyl (C=O) groups excluding carboxylic acids is 2. The van der Waals surface area contributed by atoms with E-state index in [1.807, 2.05) is 4.90 Å². The van der Waals surface area contributed by atoms with Gasteiger partial charge in [-0.25, -0.2) is 0 Å². The summed E-state index contributed by atoms with van der Waals surface area (Å²) in [7, 11) is 0. The number of nitrogens with zero attached hydrogens (tertiary/aromatic N) is 2. The predicted octanol–water partition coefficient (Wildman–Crippen LogP) is 1.86. The minimum Gasteiger partial charge on any atom is -0.376 e. The first-order valence-corrected chi connectivity index (χ1v) is 8.78. The van der Waals surface area contributed by atoms with E-state index in [-0.39, 0.29) is 23.6 Å². The number of hydrogen-bond acceptors (Lipinski definition) is 4. The van der Waals surface area contributed by atoms with Crippen LogP contribution in [0.15, 0.2) is 18.3 Å². The lowest BCUT2D eigenvalue weighted by atomic mass is 9.98. The Morgan fingerprint density at radius 1 is 1.33 bits per heavy atom. The van der Waals surface area contributed by atoms with E-state index in [1.54, 1.807) is 12.1 Å². The number of carbonyl (C=O) groups is 2. The smallest absolute Gasteiger partial charge is 0.269 e. The molecule has 130 valence electrons. The fourth-order valence-electron chi connectivity index (χ4n) is 3.18. The number of hydrogen-bond donors (Lipinski definition) is 1. The first kappa shape index (κ1) is 16.9. The maximum absolute atomic E-state index is 12.6. The first-order valence-electron chi connectivity index (χ1n) is 8.78. The lowest BCUT2D eigenvalue weighted by molar-refractivity contribution is 0.0697. The highest BCUT2D eigenvalue weighted by molar-refractivity contribution is 5.98. The molecule has 2 aliphatic rings. The third-order valence-corrected chi connectivity index (χ3v) is 4.82. The minimum atomic E-state index is -0.257. The van der Waals surface area contributed by atoms with Crippen molar-refractivity contribution < 1.29 is 14.3 Å². The summed E-state index contributed by atoms with van der Waals surface area (Å²) in [6.07, 6.45) is 5.70. The van der Waals surface area contributed by atoms with Gasteiger partial charge in [0.05, 0.1) is 6.10 Å². The van der Waals surface area contributed by atoms with Gasteiger partial charge in [0.15, 0.2) is 0 Å². The zero-order valence-corrected chi connectivity index (χ0v) is 14.2. The van der Waals surface area contributed by atoms with Gasteiger partial charge in [0, 0.05) is 38.0 Å². The van der Waals surface area contributed by atoms with E-state index in [9.17, 15) is 9.59 Å². The van der Waals surface area contributed by atoms with Crippen molar-refractivity contribution in [1.29, 1.82) is 0 Å². The van der Waals surface area contributed by atoms with E-state index in [0.717, 1.165) is 45.4 Å². The van der Waals surface area contributed by atoms with Crippen molar-refractivity contribution in [2.75, 3.05) is 26.2 Å². The van der Waals surface area contributed by atoms with Gasteiger partial charge < -0.3 is 15.0 Å². The summed E-state index contributed by atoms with van der Waals surface area (Å²) in [5.74, 6) is 0.399. The average Bonchev–Trinajstić information content (AvgIpc) is 3.13. The van der Waals surface area contributed by atoms with E-state index in [1.165, 1.54) is 6.20 Å². The van der Waals surface area contributed by atoms with Crippen LogP contribution in [0.4, 0.5) is 0 Å². The van der Waals surface area contributed by atoms with E-state index in [2.05, 4.69) is 17.2 Å². The van der Waals surface area contributed by atoms with Crippen molar-refractivity contribution in [3.63, 3.8) is 0 Å². The largest absolute Gasteiger partial charge is 0.376 e. The van der Waals surface area contributed by atoms with Crippen LogP contribution >= 0.6 is 0 Å². The molecule has 6 heteroatoms. The summed E-state index contributed by atoms with van der Waals surface area (Å²) in [5, 5.41) is 2.84. The van der Waals surface area contributed by atoms with Crippen LogP contribution in [-0.4, -0.2) is 54.0 Å². The Hall–Kier alpha value is -1.95. The number of amides is 2. The predicted molar refractivity (Wildman–Crippen MR) is 89.8 cm³/mol. The molecule has 2 amide bonds. The Kier molecular flexibility index (Phi) is 5.45. The molecule has 1 N–H and O–H groups in total. The topological polar surface area (TPSA) is 71.5 Å². The van der Waals surface area contributed by atoms with E-state index in [0.29, 0.717) is 18.0 Å². The maximum Gasteiger partial charge on any atom is 0.269 e. The van der Waals surface area contributed by atoms with Crippen molar-refractivity contribution in [2.45, 2.75) is 38.7 Å². The number of rotatable bonds is 4. The number of ether oxygens (including phenoxy) is 1. The number of pyridine rings is 1. The molecule has 1 aromatic heterocycles. The van der Waals surface area contributed by atoms with Crippen LogP contribution in [0.5, 0.6) is 0 Å². The molecular weight excluding hydrogens is 306 g/mol. The minimum absolute atomic E-state index is 0.0162. The van der Waals surface area contributed by atoms with E-state index in [4.69, 9.17) is 4.74 Å². The maximum atomic E-state index is 12.6. The molecule has 0 saturated carbocycles. The zero-order chi connectivity index (χ0) is 16.9. The SMILES string of the molecule is CC1CCN(C(=O)c2ccnc(C(=O)NCC3CCCO3)c2)CC1. The van der Waals surface area contributed by atoms with Gasteiger partial charge in [-0.15, -0.1) is 0 Å². The highest BCUT2D eigenvalue weighted by atomic mass is 16.5. The number of aromatic nitrogens is 1. The van der Waals surface area contributed by atoms with Gasteiger partial charge in [-0.3, -0.25) is 14.6 Å². The summed E-state index contributed by atoms with van der Waals surface area (Å²) in [6.45, 7) is 5.02. The van der Waals surface area contributed by atoms with Gasteiger partial charge in [-0.2, -0.15) is 0 Å². The van der Waals surface area contributed by atoms with Crippen LogP contribution in [0.2, 0.25) is 0 Å². The number of piperidine rings is 1. The van der Waals surface area contributed by atoms with Crippen LogP contribution in [-0.2, 0) is 4.74 Å². The van der Waals surface area contributed by atoms with Gasteiger partial charge in [0.1, 0.15) is 5.69 Å². The Bertz CT molecular complexity index is 591. The van der Waals surface area contributed by atoms with Crippen LogP contribution in [0, 0.1) is 5.92 Å². The lowest BCUT2D eigenvalue weighted by Gasteiger charge is -2.30. The molecule has 1 unspecified atom stereocenters. The van der Waals surface area contributed by atoms with Crippen molar-refractivity contribution >= 4 is 11.8 Å². The summed E-state index contributed by atoms with van der Waals surface area (Å²) in [4.78, 5) is 30.8. The molecule has 1 aromatic rings. The molecule has 0 radical (unpaired) electrons. The molecule has 6 nitrogen and oxygen atoms in total. The Balaban J connectivity index is 1.60. The van der Waals surface area contributed by atoms with Gasteiger partial charge in [0.2, 0.25) is 0 Å². The number of likely N-dealkylation sites (tertiary alicyclic amines) is 1. The molecule has 0 aromatic carbocycles. The fraction of sp³-hybridized carbons (Fsp3) is 0.611. The molecule has 1 atom stereocenters. The molecule has 2 aliphatic heterocycles. The fourth-order valence-corrected chi connectivity index (χ4v) is 3.18. The normalized spacial score (nSPS) is 21.7. The second kappa shape index (κ2) is 7.75. The zero-order valence-electron chi connectivity index (χ0n) is 14.2. The highest BCUT2D eigenvalue weighted by Gasteiger charge is 2.23. The quantitative estimate of drug-likeness (QED) is 0.914. The van der Waals surface area contributed by atoms with Gasteiger partial charge >= 0.3 is 0 Å². The van der Waals surface area contributed by atoms with Crippen LogP contribution in [0.3, 0.4) is 0 Å². The molecule has 2 fully saturated rings. The summed E-state index contributed by atoms with van der Waals surface area (Å²) >= 11 is 0. The number of nitrogens with one attached hydrogen (secondary N) is 1. The summed E-state index contributed by atoms with van der Waals surface area (Å²) in [5.41, 5.74) is 0.811. The Morgan fingerprint density at radius 2 is 2.12 bits per heavy atom. The third kappa shape index (κ3) is 4.12. The molecule has 3 heterocycles. The van der Waals surface area contributed by atoms with Crippen molar-refractivity contribution in [3.05, 3.63) is 29.6 Å². The van der Waals surface area contributed by atoms with E-state index >= 15 is 0 Å². The van der Waals surface area contributed by atoms with Crippen LogP contribution in [0.1, 0.15) is 53.5 Å². The molecule has 0 aliphatic carbocycles. The third-order valence-electron chi connectivity index (χ3n) is 4.82. The van der Waals surface area contributed by atoms with Gasteiger partial charge in [-0.05, 0) is 43.7 Å². The Morgan fingerprint density at radius 3 is 2.83 bits per heavy atom. The van der Waals surface area contributed by atoms with Crippen LogP contribution in [0.25, 0.3) is 0 Å². The van der Waals surface area contributed by atoms with Crippen LogP contribution < -0.4 is 5.32 Å². The van der Waals surface area contributed by atoms with E-state index < -0.39 is 0 Å². The standard InChI is InChI=1S/C18H25N3O3/c1-13-5-8-21(9-6-13)18(23)14-4-7-19-16(11-14)17(22)20-12-15-3-2-10-24-15/h4,7,11,13,15H,2-3,5-6,8-10,12H2,1H3,(H,20,22). The molecule has 3 rings (SSSR count). The summed E-state index contributed by atoms with van der Waals surface area (Å²) < 4.78 is 5.49. The molecule has 0 spiro atoms. The molecule has 2 saturated heterocycles. The molecule has 0 bridgehead atoms. The highest BCUT2D eigenvalue weighted by Crippen LogP contribution is 2.18. The lowest BCUT2D eigenvalue weighted by Crippen LogP contribution is -2.38. The second-order valence-electron chi connectivity index (χ2n) is 6.75. The Labute approximate surface area is 142 Å². The average molecular weight is 331 g/mol. The van der Waals surface area contributed by atoms with Gasteiger partial charge in [-0.1, -0.05) is 6.92 Å².